The maximum absolute atomic E-state index is 13.6. The van der Waals surface area contributed by atoms with Crippen molar-refractivity contribution in [2.45, 2.75) is 63.5 Å². The predicted octanol–water partition coefficient (Wildman–Crippen LogP) is 3.49. The van der Waals surface area contributed by atoms with E-state index >= 15 is 0 Å². The van der Waals surface area contributed by atoms with Gasteiger partial charge < -0.3 is 20.4 Å². The normalized spacial score (nSPS) is 19.6. The fourth-order valence-corrected chi connectivity index (χ4v) is 5.52. The van der Waals surface area contributed by atoms with E-state index in [9.17, 15) is 29.4 Å². The minimum Gasteiger partial charge on any atom is -0.481 e. The Bertz CT molecular complexity index is 1110. The van der Waals surface area contributed by atoms with E-state index in [2.05, 4.69) is 5.32 Å². The average molecular weight is 493 g/mol. The maximum Gasteiger partial charge on any atom is 0.326 e. The summed E-state index contributed by atoms with van der Waals surface area (Å²) in [4.78, 5) is 51.6. The number of likely N-dealkylation sites (tertiary alicyclic amines) is 1. The van der Waals surface area contributed by atoms with Crippen molar-refractivity contribution in [2.75, 3.05) is 6.54 Å². The van der Waals surface area contributed by atoms with Crippen LogP contribution < -0.4 is 5.32 Å². The molecule has 3 N–H and O–H groups in total. The van der Waals surface area contributed by atoms with E-state index in [0.29, 0.717) is 32.2 Å². The number of carbonyl (C=O) groups is 4. The lowest BCUT2D eigenvalue weighted by atomic mass is 9.81. The number of rotatable bonds is 9. The molecule has 2 aliphatic rings. The van der Waals surface area contributed by atoms with Crippen molar-refractivity contribution < 1.29 is 29.4 Å². The molecule has 1 unspecified atom stereocenters. The van der Waals surface area contributed by atoms with Gasteiger partial charge in [0.25, 0.3) is 0 Å². The highest BCUT2D eigenvalue weighted by molar-refractivity contribution is 5.94. The van der Waals surface area contributed by atoms with E-state index in [1.807, 2.05) is 54.6 Å². The molecule has 1 heterocycles. The molecule has 8 heteroatoms. The Morgan fingerprint density at radius 1 is 0.917 bits per heavy atom. The molecule has 0 spiro atoms. The number of nitrogens with one attached hydrogen (secondary N) is 1. The molecular formula is C28H32N2O6. The summed E-state index contributed by atoms with van der Waals surface area (Å²) < 4.78 is 0. The van der Waals surface area contributed by atoms with Crippen LogP contribution >= 0.6 is 0 Å². The molecule has 190 valence electrons. The number of hydrogen-bond donors (Lipinski definition) is 3. The van der Waals surface area contributed by atoms with E-state index in [1.165, 1.54) is 4.90 Å². The van der Waals surface area contributed by atoms with Crippen molar-refractivity contribution in [3.05, 3.63) is 60.2 Å². The lowest BCUT2D eigenvalue weighted by Gasteiger charge is -2.31. The first kappa shape index (κ1) is 25.4. The summed E-state index contributed by atoms with van der Waals surface area (Å²) in [6, 6.07) is 15.7. The SMILES string of the molecule is O=C(O)CC1(C(=O)NC(Cc2ccc(-c3ccccc3)cc2)C(=O)N2CCC[C@H]2C(=O)O)CCCC1. The molecular weight excluding hydrogens is 460 g/mol. The van der Waals surface area contributed by atoms with Crippen molar-refractivity contribution in [3.8, 4) is 11.1 Å². The van der Waals surface area contributed by atoms with Gasteiger partial charge in [0, 0.05) is 13.0 Å². The van der Waals surface area contributed by atoms with Gasteiger partial charge in [-0.05, 0) is 42.4 Å². The first-order chi connectivity index (χ1) is 17.3. The number of carbonyl (C=O) groups excluding carboxylic acids is 2. The lowest BCUT2D eigenvalue weighted by Crippen LogP contribution is -2.55. The van der Waals surface area contributed by atoms with Crippen LogP contribution in [0.25, 0.3) is 11.1 Å². The summed E-state index contributed by atoms with van der Waals surface area (Å²) in [6.07, 6.45) is 3.28. The fraction of sp³-hybridized carbons (Fsp3) is 0.429. The zero-order chi connectivity index (χ0) is 25.7. The van der Waals surface area contributed by atoms with Crippen molar-refractivity contribution in [2.24, 2.45) is 5.41 Å². The Hall–Kier alpha value is -3.68. The van der Waals surface area contributed by atoms with Crippen LogP contribution in [0.4, 0.5) is 0 Å². The van der Waals surface area contributed by atoms with Crippen LogP contribution in [0.15, 0.2) is 54.6 Å². The highest BCUT2D eigenvalue weighted by Crippen LogP contribution is 2.41. The Labute approximate surface area is 210 Å². The molecule has 1 aliphatic carbocycles. The Balaban J connectivity index is 1.58. The zero-order valence-corrected chi connectivity index (χ0v) is 20.2. The average Bonchev–Trinajstić information content (AvgIpc) is 3.54. The molecule has 0 bridgehead atoms. The molecule has 2 aromatic rings. The van der Waals surface area contributed by atoms with Gasteiger partial charge in [0.05, 0.1) is 11.8 Å². The van der Waals surface area contributed by atoms with Crippen LogP contribution in [0.3, 0.4) is 0 Å². The minimum atomic E-state index is -1.06. The summed E-state index contributed by atoms with van der Waals surface area (Å²) in [5, 5.41) is 21.9. The molecule has 1 saturated heterocycles. The molecule has 8 nitrogen and oxygen atoms in total. The number of carboxylic acids is 2. The monoisotopic (exact) mass is 492 g/mol. The second kappa shape index (κ2) is 10.9. The minimum absolute atomic E-state index is 0.186. The van der Waals surface area contributed by atoms with E-state index in [1.54, 1.807) is 0 Å². The highest BCUT2D eigenvalue weighted by Gasteiger charge is 2.45. The van der Waals surface area contributed by atoms with E-state index in [4.69, 9.17) is 0 Å². The van der Waals surface area contributed by atoms with Gasteiger partial charge in [-0.2, -0.15) is 0 Å². The van der Waals surface area contributed by atoms with Gasteiger partial charge in [-0.1, -0.05) is 67.4 Å². The third kappa shape index (κ3) is 5.58. The summed E-state index contributed by atoms with van der Waals surface area (Å²) >= 11 is 0. The maximum atomic E-state index is 13.6. The topological polar surface area (TPSA) is 124 Å². The van der Waals surface area contributed by atoms with Gasteiger partial charge in [0.1, 0.15) is 12.1 Å². The van der Waals surface area contributed by atoms with Crippen molar-refractivity contribution in [3.63, 3.8) is 0 Å². The predicted molar refractivity (Wildman–Crippen MR) is 133 cm³/mol. The Morgan fingerprint density at radius 2 is 1.56 bits per heavy atom. The summed E-state index contributed by atoms with van der Waals surface area (Å²) in [5.74, 6) is -2.98. The van der Waals surface area contributed by atoms with Gasteiger partial charge in [-0.25, -0.2) is 4.79 Å². The van der Waals surface area contributed by atoms with Gasteiger partial charge in [-0.15, -0.1) is 0 Å². The smallest absolute Gasteiger partial charge is 0.326 e. The van der Waals surface area contributed by atoms with Crippen molar-refractivity contribution in [1.82, 2.24) is 10.2 Å². The molecule has 36 heavy (non-hydrogen) atoms. The third-order valence-electron chi connectivity index (χ3n) is 7.46. The van der Waals surface area contributed by atoms with E-state index in [-0.39, 0.29) is 12.8 Å². The first-order valence-electron chi connectivity index (χ1n) is 12.5. The Kier molecular flexibility index (Phi) is 7.72. The summed E-state index contributed by atoms with van der Waals surface area (Å²) in [5.41, 5.74) is 1.85. The number of carboxylic acid groups (broad SMARTS) is 2. The van der Waals surface area contributed by atoms with E-state index < -0.39 is 41.3 Å². The van der Waals surface area contributed by atoms with Crippen LogP contribution in [-0.4, -0.2) is 57.5 Å². The van der Waals surface area contributed by atoms with Gasteiger partial charge in [-0.3, -0.25) is 14.4 Å². The molecule has 0 aromatic heterocycles. The van der Waals surface area contributed by atoms with Gasteiger partial charge >= 0.3 is 11.9 Å². The van der Waals surface area contributed by atoms with Crippen LogP contribution in [0.5, 0.6) is 0 Å². The lowest BCUT2D eigenvalue weighted by molar-refractivity contribution is -0.150. The van der Waals surface area contributed by atoms with Crippen LogP contribution in [-0.2, 0) is 25.6 Å². The molecule has 1 aliphatic heterocycles. The molecule has 2 aromatic carbocycles. The Morgan fingerprint density at radius 3 is 2.17 bits per heavy atom. The highest BCUT2D eigenvalue weighted by atomic mass is 16.4. The molecule has 1 saturated carbocycles. The third-order valence-corrected chi connectivity index (χ3v) is 7.46. The molecule has 0 radical (unpaired) electrons. The zero-order valence-electron chi connectivity index (χ0n) is 20.2. The number of benzene rings is 2. The van der Waals surface area contributed by atoms with E-state index in [0.717, 1.165) is 29.5 Å². The molecule has 2 fully saturated rings. The number of nitrogens with zero attached hydrogens (tertiary/aromatic N) is 1. The number of hydrogen-bond acceptors (Lipinski definition) is 4. The molecule has 2 amide bonds. The van der Waals surface area contributed by atoms with Crippen molar-refractivity contribution >= 4 is 23.8 Å². The fourth-order valence-electron chi connectivity index (χ4n) is 5.52. The molecule has 4 rings (SSSR count). The quantitative estimate of drug-likeness (QED) is 0.492. The molecule has 2 atom stereocenters. The first-order valence-corrected chi connectivity index (χ1v) is 12.5. The van der Waals surface area contributed by atoms with Gasteiger partial charge in [0.15, 0.2) is 0 Å². The number of amides is 2. The summed E-state index contributed by atoms with van der Waals surface area (Å²) in [7, 11) is 0. The second-order valence-corrected chi connectivity index (χ2v) is 9.88. The van der Waals surface area contributed by atoms with Gasteiger partial charge in [0.2, 0.25) is 11.8 Å². The largest absolute Gasteiger partial charge is 0.481 e. The number of aliphatic carboxylic acids is 2. The standard InChI is InChI=1S/C28H32N2O6/c31-24(32)18-28(14-4-5-15-28)27(36)29-22(25(33)30-16-6-9-23(30)26(34)35)17-19-10-12-21(13-11-19)20-7-2-1-3-8-20/h1-3,7-8,10-13,22-23H,4-6,9,14-18H2,(H,29,36)(H,31,32)(H,34,35)/t22?,23-/m0/s1. The summed E-state index contributed by atoms with van der Waals surface area (Å²) in [6.45, 7) is 0.315. The van der Waals surface area contributed by atoms with Crippen LogP contribution in [0, 0.1) is 5.41 Å². The second-order valence-electron chi connectivity index (χ2n) is 9.88. The van der Waals surface area contributed by atoms with Crippen molar-refractivity contribution in [1.29, 1.82) is 0 Å². The van der Waals surface area contributed by atoms with Crippen LogP contribution in [0.1, 0.15) is 50.5 Å². The van der Waals surface area contributed by atoms with Crippen LogP contribution in [0.2, 0.25) is 0 Å².